The molecule has 156 valence electrons. The topological polar surface area (TPSA) is 106 Å². The second kappa shape index (κ2) is 8.52. The first-order valence-electron chi connectivity index (χ1n) is 10.3. The van der Waals surface area contributed by atoms with Crippen molar-refractivity contribution in [2.24, 2.45) is 11.7 Å². The lowest BCUT2D eigenvalue weighted by Gasteiger charge is -2.31. The number of rotatable bonds is 6. The van der Waals surface area contributed by atoms with E-state index in [1.165, 1.54) is 5.56 Å². The number of carbonyl (C=O) groups excluding carboxylic acids is 2. The number of fused-ring (bicyclic) bond motifs is 1. The predicted molar refractivity (Wildman–Crippen MR) is 116 cm³/mol. The van der Waals surface area contributed by atoms with Crippen LogP contribution in [-0.2, 0) is 11.2 Å². The number of carbonyl (C=O) groups is 2. The zero-order valence-corrected chi connectivity index (χ0v) is 17.0. The van der Waals surface area contributed by atoms with Crippen LogP contribution >= 0.6 is 0 Å². The first-order chi connectivity index (χ1) is 14.5. The van der Waals surface area contributed by atoms with Gasteiger partial charge in [0, 0.05) is 18.7 Å². The van der Waals surface area contributed by atoms with Crippen molar-refractivity contribution in [3.05, 3.63) is 53.7 Å². The maximum absolute atomic E-state index is 12.5. The number of aryl methyl sites for hydroxylation is 1. The highest BCUT2D eigenvalue weighted by Gasteiger charge is 2.25. The molecule has 1 unspecified atom stereocenters. The fourth-order valence-electron chi connectivity index (χ4n) is 3.82. The summed E-state index contributed by atoms with van der Waals surface area (Å²) in [6.45, 7) is 3.53. The van der Waals surface area contributed by atoms with Crippen molar-refractivity contribution in [1.29, 1.82) is 0 Å². The van der Waals surface area contributed by atoms with Gasteiger partial charge in [-0.05, 0) is 49.1 Å². The lowest BCUT2D eigenvalue weighted by molar-refractivity contribution is -0.122. The second-order valence-electron chi connectivity index (χ2n) is 7.71. The average Bonchev–Trinajstić information content (AvgIpc) is 3.16. The van der Waals surface area contributed by atoms with Crippen LogP contribution in [0.2, 0.25) is 0 Å². The minimum atomic E-state index is -0.267. The van der Waals surface area contributed by atoms with Gasteiger partial charge in [-0.25, -0.2) is 9.50 Å². The minimum Gasteiger partial charge on any atom is -0.369 e. The molecule has 3 heterocycles. The molecule has 2 amide bonds. The summed E-state index contributed by atoms with van der Waals surface area (Å²) in [5.74, 6) is 0.571. The molecule has 0 radical (unpaired) electrons. The van der Waals surface area contributed by atoms with Crippen molar-refractivity contribution in [2.75, 3.05) is 23.3 Å². The summed E-state index contributed by atoms with van der Waals surface area (Å²) in [4.78, 5) is 30.6. The van der Waals surface area contributed by atoms with E-state index in [9.17, 15) is 9.59 Å². The zero-order valence-electron chi connectivity index (χ0n) is 17.0. The smallest absolute Gasteiger partial charge is 0.256 e. The van der Waals surface area contributed by atoms with Gasteiger partial charge in [-0.2, -0.15) is 0 Å². The van der Waals surface area contributed by atoms with Crippen LogP contribution in [0.15, 0.2) is 42.6 Å². The van der Waals surface area contributed by atoms with E-state index >= 15 is 0 Å². The highest BCUT2D eigenvalue weighted by atomic mass is 16.2. The minimum absolute atomic E-state index is 0.155. The van der Waals surface area contributed by atoms with Gasteiger partial charge in [-0.1, -0.05) is 25.5 Å². The number of nitrogens with zero attached hydrogens (tertiary/aromatic N) is 4. The molecule has 0 aliphatic carbocycles. The Hall–Kier alpha value is -3.42. The van der Waals surface area contributed by atoms with Crippen molar-refractivity contribution in [1.82, 2.24) is 14.6 Å². The quantitative estimate of drug-likeness (QED) is 0.655. The summed E-state index contributed by atoms with van der Waals surface area (Å²) in [6.07, 6.45) is 5.48. The van der Waals surface area contributed by atoms with Crippen molar-refractivity contribution in [2.45, 2.75) is 32.6 Å². The molecule has 2 aromatic heterocycles. The maximum atomic E-state index is 12.5. The molecule has 1 fully saturated rings. The number of amides is 2. The van der Waals surface area contributed by atoms with Crippen LogP contribution in [0.4, 0.5) is 11.6 Å². The predicted octanol–water partition coefficient (Wildman–Crippen LogP) is 2.64. The third kappa shape index (κ3) is 4.27. The Morgan fingerprint density at radius 2 is 2.00 bits per heavy atom. The van der Waals surface area contributed by atoms with Gasteiger partial charge < -0.3 is 16.0 Å². The summed E-state index contributed by atoms with van der Waals surface area (Å²) in [6, 6.07) is 11.4. The van der Waals surface area contributed by atoms with E-state index in [4.69, 9.17) is 5.73 Å². The molecule has 1 atom stereocenters. The third-order valence-electron chi connectivity index (χ3n) is 5.45. The molecule has 0 saturated carbocycles. The van der Waals surface area contributed by atoms with E-state index < -0.39 is 0 Å². The van der Waals surface area contributed by atoms with Gasteiger partial charge >= 0.3 is 0 Å². The van der Waals surface area contributed by atoms with Gasteiger partial charge in [-0.15, -0.1) is 5.10 Å². The molecule has 8 heteroatoms. The van der Waals surface area contributed by atoms with E-state index in [2.05, 4.69) is 27.2 Å². The summed E-state index contributed by atoms with van der Waals surface area (Å²) in [5, 5.41) is 7.44. The highest BCUT2D eigenvalue weighted by Crippen LogP contribution is 2.22. The van der Waals surface area contributed by atoms with Gasteiger partial charge in [0.15, 0.2) is 11.5 Å². The molecule has 4 rings (SSSR count). The molecular formula is C22H26N6O2. The Morgan fingerprint density at radius 1 is 1.20 bits per heavy atom. The number of imidazole rings is 1. The first kappa shape index (κ1) is 19.9. The molecule has 8 nitrogen and oxygen atoms in total. The summed E-state index contributed by atoms with van der Waals surface area (Å²) in [7, 11) is 0. The van der Waals surface area contributed by atoms with Crippen molar-refractivity contribution in [3.8, 4) is 0 Å². The molecule has 1 saturated heterocycles. The highest BCUT2D eigenvalue weighted by molar-refractivity contribution is 6.03. The maximum Gasteiger partial charge on any atom is 0.256 e. The number of nitrogens with two attached hydrogens (primary N) is 1. The van der Waals surface area contributed by atoms with E-state index in [-0.39, 0.29) is 17.7 Å². The monoisotopic (exact) mass is 406 g/mol. The molecule has 3 aromatic rings. The van der Waals surface area contributed by atoms with Crippen LogP contribution in [0.25, 0.3) is 5.65 Å². The van der Waals surface area contributed by atoms with Gasteiger partial charge in [0.1, 0.15) is 5.82 Å². The van der Waals surface area contributed by atoms with Gasteiger partial charge in [0.2, 0.25) is 5.91 Å². The largest absolute Gasteiger partial charge is 0.369 e. The third-order valence-corrected chi connectivity index (χ3v) is 5.45. The summed E-state index contributed by atoms with van der Waals surface area (Å²) >= 11 is 0. The molecule has 0 bridgehead atoms. The van der Waals surface area contributed by atoms with Crippen molar-refractivity contribution in [3.63, 3.8) is 0 Å². The average molecular weight is 406 g/mol. The number of hydrogen-bond donors (Lipinski definition) is 2. The number of anilines is 2. The van der Waals surface area contributed by atoms with Gasteiger partial charge in [0.05, 0.1) is 12.1 Å². The van der Waals surface area contributed by atoms with Crippen LogP contribution in [0, 0.1) is 5.92 Å². The number of piperidine rings is 1. The zero-order chi connectivity index (χ0) is 21.1. The Labute approximate surface area is 175 Å². The van der Waals surface area contributed by atoms with Crippen LogP contribution in [0.5, 0.6) is 0 Å². The fourth-order valence-corrected chi connectivity index (χ4v) is 3.82. The number of hydrogen-bond acceptors (Lipinski definition) is 5. The second-order valence-corrected chi connectivity index (χ2v) is 7.71. The Morgan fingerprint density at radius 3 is 2.73 bits per heavy atom. The van der Waals surface area contributed by atoms with E-state index in [1.807, 2.05) is 36.4 Å². The Bertz CT molecular complexity index is 1060. The van der Waals surface area contributed by atoms with Crippen LogP contribution in [-0.4, -0.2) is 39.5 Å². The summed E-state index contributed by atoms with van der Waals surface area (Å²) in [5.41, 5.74) is 7.92. The summed E-state index contributed by atoms with van der Waals surface area (Å²) < 4.78 is 1.64. The Kier molecular flexibility index (Phi) is 5.65. The molecule has 3 N–H and O–H groups in total. The van der Waals surface area contributed by atoms with Gasteiger partial charge in [-0.3, -0.25) is 9.59 Å². The molecule has 0 spiro atoms. The standard InChI is InChI=1S/C22H26N6O2/c1-2-4-15-6-8-16(9-7-15)22(30)25-18-14-28-19(24-18)10-11-20(26-28)27-12-3-5-17(13-27)21(23)29/h6-11,14,17H,2-5,12-13H2,1H3,(H2,23,29)(H,25,30). The lowest BCUT2D eigenvalue weighted by Crippen LogP contribution is -2.41. The lowest BCUT2D eigenvalue weighted by atomic mass is 9.97. The molecule has 1 aliphatic heterocycles. The number of benzene rings is 1. The van der Waals surface area contributed by atoms with Crippen LogP contribution in [0.3, 0.4) is 0 Å². The van der Waals surface area contributed by atoms with E-state index in [0.29, 0.717) is 23.6 Å². The number of nitrogens with one attached hydrogen (secondary N) is 1. The fraction of sp³-hybridized carbons (Fsp3) is 0.364. The van der Waals surface area contributed by atoms with Gasteiger partial charge in [0.25, 0.3) is 5.91 Å². The molecule has 30 heavy (non-hydrogen) atoms. The SMILES string of the molecule is CCCc1ccc(C(=O)Nc2cn3nc(N4CCCC(C(N)=O)C4)ccc3n2)cc1. The van der Waals surface area contributed by atoms with Crippen LogP contribution in [0.1, 0.15) is 42.1 Å². The number of primary amides is 1. The normalized spacial score (nSPS) is 16.6. The molecular weight excluding hydrogens is 380 g/mol. The first-order valence-corrected chi connectivity index (χ1v) is 10.3. The van der Waals surface area contributed by atoms with E-state index in [0.717, 1.165) is 38.0 Å². The number of aromatic nitrogens is 3. The van der Waals surface area contributed by atoms with Crippen molar-refractivity contribution < 1.29 is 9.59 Å². The Balaban J connectivity index is 1.48. The molecule has 1 aromatic carbocycles. The van der Waals surface area contributed by atoms with E-state index in [1.54, 1.807) is 10.7 Å². The van der Waals surface area contributed by atoms with Crippen molar-refractivity contribution >= 4 is 29.1 Å². The molecule has 1 aliphatic rings. The van der Waals surface area contributed by atoms with Crippen LogP contribution < -0.4 is 16.0 Å².